The van der Waals surface area contributed by atoms with Gasteiger partial charge in [-0.1, -0.05) is 0 Å². The molecule has 0 bridgehead atoms. The number of nitrogens with two attached hydrogens (primary N) is 1. The maximum absolute atomic E-state index is 10.7. The van der Waals surface area contributed by atoms with Gasteiger partial charge in [-0.05, 0) is 0 Å². The van der Waals surface area contributed by atoms with Gasteiger partial charge in [0.15, 0.2) is 0 Å². The van der Waals surface area contributed by atoms with Gasteiger partial charge in [0.2, 0.25) is 0 Å². The molecule has 1 aromatic heterocycles. The van der Waals surface area contributed by atoms with E-state index in [9.17, 15) is 4.79 Å². The fraction of sp³-hybridized carbons (Fsp3) is 0.125. The Bertz CT molecular complexity index is 381. The lowest BCUT2D eigenvalue weighted by atomic mass is 10.2. The molecule has 5 heteroatoms. The minimum Gasteiger partial charge on any atom is -0.495 e. The number of amides is 1. The Morgan fingerprint density at radius 3 is 2.92 bits per heavy atom. The molecule has 66 valence electrons. The summed E-state index contributed by atoms with van der Waals surface area (Å²) in [6, 6.07) is 3.21. The Balaban J connectivity index is 3.23. The number of ether oxygens (including phenoxy) is 1. The fourth-order valence-corrected chi connectivity index (χ4v) is 0.825. The number of aromatic nitrogens is 1. The Kier molecular flexibility index (Phi) is 2.45. The highest BCUT2D eigenvalue weighted by molar-refractivity contribution is 5.91. The van der Waals surface area contributed by atoms with Crippen LogP contribution in [0.15, 0.2) is 12.3 Å². The molecule has 0 aliphatic rings. The lowest BCUT2D eigenvalue weighted by Gasteiger charge is -2.02. The van der Waals surface area contributed by atoms with E-state index in [1.165, 1.54) is 19.4 Å². The topological polar surface area (TPSA) is 89.0 Å². The van der Waals surface area contributed by atoms with Gasteiger partial charge in [0.25, 0.3) is 5.91 Å². The summed E-state index contributed by atoms with van der Waals surface area (Å²) in [5.74, 6) is -0.353. The lowest BCUT2D eigenvalue weighted by molar-refractivity contribution is 0.0995. The average molecular weight is 177 g/mol. The molecule has 0 unspecified atom stereocenters. The van der Waals surface area contributed by atoms with Crippen LogP contribution in [0.3, 0.4) is 0 Å². The van der Waals surface area contributed by atoms with Gasteiger partial charge in [-0.25, -0.2) is 4.98 Å². The second kappa shape index (κ2) is 3.54. The van der Waals surface area contributed by atoms with Crippen LogP contribution in [0.1, 0.15) is 16.1 Å². The van der Waals surface area contributed by atoms with Crippen LogP contribution >= 0.6 is 0 Å². The zero-order valence-electron chi connectivity index (χ0n) is 6.94. The molecule has 0 aliphatic heterocycles. The fourth-order valence-electron chi connectivity index (χ4n) is 0.825. The van der Waals surface area contributed by atoms with E-state index >= 15 is 0 Å². The molecule has 0 aliphatic carbocycles. The van der Waals surface area contributed by atoms with Gasteiger partial charge < -0.3 is 10.5 Å². The van der Waals surface area contributed by atoms with E-state index in [-0.39, 0.29) is 11.3 Å². The Hall–Kier alpha value is -2.09. The molecule has 1 aromatic rings. The van der Waals surface area contributed by atoms with Gasteiger partial charge in [0.05, 0.1) is 7.11 Å². The van der Waals surface area contributed by atoms with Crippen LogP contribution < -0.4 is 10.5 Å². The predicted octanol–water partition coefficient (Wildman–Crippen LogP) is 0.0608. The summed E-state index contributed by atoms with van der Waals surface area (Å²) in [6.07, 6.45) is 1.25. The smallest absolute Gasteiger partial charge is 0.267 e. The lowest BCUT2D eigenvalue weighted by Crippen LogP contribution is -2.13. The van der Waals surface area contributed by atoms with Gasteiger partial charge in [0.1, 0.15) is 23.1 Å². The first-order valence-electron chi connectivity index (χ1n) is 3.43. The van der Waals surface area contributed by atoms with Crippen molar-refractivity contribution in [3.63, 3.8) is 0 Å². The van der Waals surface area contributed by atoms with Crippen LogP contribution in [0.2, 0.25) is 0 Å². The van der Waals surface area contributed by atoms with E-state index in [2.05, 4.69) is 4.98 Å². The van der Waals surface area contributed by atoms with Crippen LogP contribution in [0, 0.1) is 11.3 Å². The van der Waals surface area contributed by atoms with Crippen molar-refractivity contribution >= 4 is 5.91 Å². The van der Waals surface area contributed by atoms with Crippen molar-refractivity contribution in [2.45, 2.75) is 0 Å². The van der Waals surface area contributed by atoms with Gasteiger partial charge in [0, 0.05) is 12.3 Å². The molecule has 0 radical (unpaired) electrons. The number of hydrogen-bond acceptors (Lipinski definition) is 4. The van der Waals surface area contributed by atoms with Crippen molar-refractivity contribution in [3.05, 3.63) is 23.5 Å². The third-order valence-corrected chi connectivity index (χ3v) is 1.46. The number of pyridine rings is 1. The SMILES string of the molecule is COc1cc(C(N)=O)ncc1C#N. The maximum Gasteiger partial charge on any atom is 0.267 e. The van der Waals surface area contributed by atoms with Crippen LogP contribution in [0.25, 0.3) is 0 Å². The second-order valence-corrected chi connectivity index (χ2v) is 2.25. The van der Waals surface area contributed by atoms with Crippen molar-refractivity contribution in [2.75, 3.05) is 7.11 Å². The Morgan fingerprint density at radius 2 is 2.46 bits per heavy atom. The number of carbonyl (C=O) groups is 1. The van der Waals surface area contributed by atoms with Crippen LogP contribution in [0.4, 0.5) is 0 Å². The van der Waals surface area contributed by atoms with Crippen LogP contribution in [0.5, 0.6) is 5.75 Å². The first-order valence-corrected chi connectivity index (χ1v) is 3.43. The highest BCUT2D eigenvalue weighted by Crippen LogP contribution is 2.16. The Morgan fingerprint density at radius 1 is 1.77 bits per heavy atom. The summed E-state index contributed by atoms with van der Waals surface area (Å²) in [6.45, 7) is 0. The number of methoxy groups -OCH3 is 1. The average Bonchev–Trinajstić information content (AvgIpc) is 2.16. The van der Waals surface area contributed by atoms with Crippen molar-refractivity contribution < 1.29 is 9.53 Å². The quantitative estimate of drug-likeness (QED) is 0.691. The molecular formula is C8H7N3O2. The monoisotopic (exact) mass is 177 g/mol. The third-order valence-electron chi connectivity index (χ3n) is 1.46. The van der Waals surface area contributed by atoms with Gasteiger partial charge in [-0.2, -0.15) is 5.26 Å². The molecule has 1 heterocycles. The van der Waals surface area contributed by atoms with Crippen molar-refractivity contribution in [1.29, 1.82) is 5.26 Å². The van der Waals surface area contributed by atoms with Gasteiger partial charge >= 0.3 is 0 Å². The summed E-state index contributed by atoms with van der Waals surface area (Å²) in [5.41, 5.74) is 5.34. The number of nitriles is 1. The molecule has 2 N–H and O–H groups in total. The molecular weight excluding hydrogens is 170 g/mol. The van der Waals surface area contributed by atoms with Crippen LogP contribution in [-0.4, -0.2) is 18.0 Å². The standard InChI is InChI=1S/C8H7N3O2/c1-13-7-2-6(8(10)12)11-4-5(7)3-9/h2,4H,1H3,(H2,10,12). The van der Waals surface area contributed by atoms with E-state index in [1.54, 1.807) is 0 Å². The first-order chi connectivity index (χ1) is 6.19. The van der Waals surface area contributed by atoms with Crippen molar-refractivity contribution in [2.24, 2.45) is 5.73 Å². The first kappa shape index (κ1) is 9.00. The van der Waals surface area contributed by atoms with E-state index in [0.29, 0.717) is 5.75 Å². The Labute approximate surface area is 74.8 Å². The summed E-state index contributed by atoms with van der Waals surface area (Å²) in [4.78, 5) is 14.4. The molecule has 0 saturated heterocycles. The van der Waals surface area contributed by atoms with Crippen molar-refractivity contribution in [1.82, 2.24) is 4.98 Å². The summed E-state index contributed by atoms with van der Waals surface area (Å²) >= 11 is 0. The number of rotatable bonds is 2. The molecule has 1 rings (SSSR count). The minimum absolute atomic E-state index is 0.0795. The summed E-state index contributed by atoms with van der Waals surface area (Å²) < 4.78 is 4.86. The van der Waals surface area contributed by atoms with Gasteiger partial charge in [-0.3, -0.25) is 4.79 Å². The largest absolute Gasteiger partial charge is 0.495 e. The van der Waals surface area contributed by atoms with E-state index < -0.39 is 5.91 Å². The van der Waals surface area contributed by atoms with Crippen molar-refractivity contribution in [3.8, 4) is 11.8 Å². The number of carbonyl (C=O) groups excluding carboxylic acids is 1. The predicted molar refractivity (Wildman–Crippen MR) is 44.0 cm³/mol. The molecule has 13 heavy (non-hydrogen) atoms. The van der Waals surface area contributed by atoms with E-state index in [1.807, 2.05) is 6.07 Å². The van der Waals surface area contributed by atoms with Gasteiger partial charge in [-0.15, -0.1) is 0 Å². The summed E-state index contributed by atoms with van der Waals surface area (Å²) in [7, 11) is 1.40. The molecule has 0 spiro atoms. The van der Waals surface area contributed by atoms with Crippen LogP contribution in [-0.2, 0) is 0 Å². The molecule has 0 saturated carbocycles. The molecule has 0 fully saturated rings. The zero-order valence-corrected chi connectivity index (χ0v) is 6.94. The maximum atomic E-state index is 10.7. The second-order valence-electron chi connectivity index (χ2n) is 2.25. The third kappa shape index (κ3) is 1.73. The highest BCUT2D eigenvalue weighted by Gasteiger charge is 2.07. The zero-order chi connectivity index (χ0) is 9.84. The number of primary amides is 1. The highest BCUT2D eigenvalue weighted by atomic mass is 16.5. The number of hydrogen-bond donors (Lipinski definition) is 1. The molecule has 0 atom stereocenters. The normalized spacial score (nSPS) is 8.92. The molecule has 1 amide bonds. The molecule has 0 aromatic carbocycles. The van der Waals surface area contributed by atoms with E-state index in [4.69, 9.17) is 15.7 Å². The number of nitrogens with zero attached hydrogens (tertiary/aromatic N) is 2. The molecule has 5 nitrogen and oxygen atoms in total. The van der Waals surface area contributed by atoms with E-state index in [0.717, 1.165) is 0 Å². The summed E-state index contributed by atoms with van der Waals surface area (Å²) in [5, 5.41) is 8.59. The minimum atomic E-state index is -0.650.